The molecule has 0 unspecified atom stereocenters. The maximum absolute atomic E-state index is 5.69. The number of nitrogens with one attached hydrogen (secondary N) is 1. The SMILES string of the molecule is CCC[C@H](C)CNc1ccc(Cl)nc1. The molecule has 1 atom stereocenters. The van der Waals surface area contributed by atoms with Gasteiger partial charge in [0.25, 0.3) is 0 Å². The summed E-state index contributed by atoms with van der Waals surface area (Å²) in [5, 5.41) is 3.87. The number of halogens is 1. The van der Waals surface area contributed by atoms with Crippen molar-refractivity contribution >= 4 is 17.3 Å². The van der Waals surface area contributed by atoms with Crippen LogP contribution in [0.4, 0.5) is 5.69 Å². The van der Waals surface area contributed by atoms with Gasteiger partial charge in [0.1, 0.15) is 5.15 Å². The van der Waals surface area contributed by atoms with Crippen molar-refractivity contribution in [3.63, 3.8) is 0 Å². The highest BCUT2D eigenvalue weighted by molar-refractivity contribution is 6.29. The van der Waals surface area contributed by atoms with Gasteiger partial charge in [-0.15, -0.1) is 0 Å². The van der Waals surface area contributed by atoms with Crippen LogP contribution in [0.5, 0.6) is 0 Å². The lowest BCUT2D eigenvalue weighted by Gasteiger charge is -2.11. The Kier molecular flexibility index (Phi) is 4.74. The van der Waals surface area contributed by atoms with E-state index in [9.17, 15) is 0 Å². The minimum atomic E-state index is 0.539. The highest BCUT2D eigenvalue weighted by atomic mass is 35.5. The summed E-state index contributed by atoms with van der Waals surface area (Å²) in [5.74, 6) is 0.704. The summed E-state index contributed by atoms with van der Waals surface area (Å²) in [6.07, 6.45) is 4.26. The van der Waals surface area contributed by atoms with Crippen LogP contribution in [-0.4, -0.2) is 11.5 Å². The Morgan fingerprint density at radius 2 is 2.29 bits per heavy atom. The second-order valence-corrected chi connectivity index (χ2v) is 4.03. The van der Waals surface area contributed by atoms with Gasteiger partial charge in [-0.05, 0) is 24.5 Å². The van der Waals surface area contributed by atoms with Crippen LogP contribution in [-0.2, 0) is 0 Å². The molecule has 0 amide bonds. The lowest BCUT2D eigenvalue weighted by molar-refractivity contribution is 0.550. The van der Waals surface area contributed by atoms with E-state index in [1.54, 1.807) is 12.3 Å². The third-order valence-corrected chi connectivity index (χ3v) is 2.39. The van der Waals surface area contributed by atoms with Crippen LogP contribution in [0.3, 0.4) is 0 Å². The summed E-state index contributed by atoms with van der Waals surface area (Å²) in [5.41, 5.74) is 1.04. The molecule has 2 nitrogen and oxygen atoms in total. The van der Waals surface area contributed by atoms with Gasteiger partial charge in [-0.2, -0.15) is 0 Å². The van der Waals surface area contributed by atoms with E-state index in [0.29, 0.717) is 11.1 Å². The van der Waals surface area contributed by atoms with E-state index in [1.807, 2.05) is 6.07 Å². The molecular formula is C11H17ClN2. The topological polar surface area (TPSA) is 24.9 Å². The molecule has 1 aromatic rings. The average Bonchev–Trinajstić information content (AvgIpc) is 2.17. The van der Waals surface area contributed by atoms with Crippen LogP contribution in [0, 0.1) is 5.92 Å². The Morgan fingerprint density at radius 3 is 2.86 bits per heavy atom. The smallest absolute Gasteiger partial charge is 0.129 e. The van der Waals surface area contributed by atoms with Crippen molar-refractivity contribution < 1.29 is 0 Å². The molecule has 0 fully saturated rings. The number of hydrogen-bond acceptors (Lipinski definition) is 2. The summed E-state index contributed by atoms with van der Waals surface area (Å²) in [4.78, 5) is 4.01. The molecule has 0 radical (unpaired) electrons. The van der Waals surface area contributed by atoms with Crippen molar-refractivity contribution in [1.29, 1.82) is 0 Å². The minimum absolute atomic E-state index is 0.539. The van der Waals surface area contributed by atoms with Gasteiger partial charge < -0.3 is 5.32 Å². The maximum atomic E-state index is 5.69. The van der Waals surface area contributed by atoms with Crippen molar-refractivity contribution in [3.8, 4) is 0 Å². The van der Waals surface area contributed by atoms with Crippen molar-refractivity contribution in [2.45, 2.75) is 26.7 Å². The number of nitrogens with zero attached hydrogens (tertiary/aromatic N) is 1. The third kappa shape index (κ3) is 3.97. The van der Waals surface area contributed by atoms with E-state index in [4.69, 9.17) is 11.6 Å². The molecule has 1 rings (SSSR count). The zero-order valence-corrected chi connectivity index (χ0v) is 9.51. The van der Waals surface area contributed by atoms with Gasteiger partial charge in [-0.1, -0.05) is 31.9 Å². The summed E-state index contributed by atoms with van der Waals surface area (Å²) in [6, 6.07) is 3.75. The van der Waals surface area contributed by atoms with Crippen molar-refractivity contribution in [3.05, 3.63) is 23.5 Å². The first-order chi connectivity index (χ1) is 6.72. The van der Waals surface area contributed by atoms with E-state index in [2.05, 4.69) is 24.1 Å². The van der Waals surface area contributed by atoms with Gasteiger partial charge in [-0.3, -0.25) is 0 Å². The quantitative estimate of drug-likeness (QED) is 0.755. The monoisotopic (exact) mass is 212 g/mol. The molecule has 0 bridgehead atoms. The van der Waals surface area contributed by atoms with Crippen LogP contribution in [0.2, 0.25) is 5.15 Å². The van der Waals surface area contributed by atoms with Crippen LogP contribution in [0.15, 0.2) is 18.3 Å². The van der Waals surface area contributed by atoms with E-state index >= 15 is 0 Å². The molecule has 0 saturated heterocycles. The molecule has 78 valence electrons. The van der Waals surface area contributed by atoms with E-state index < -0.39 is 0 Å². The van der Waals surface area contributed by atoms with E-state index in [1.165, 1.54) is 12.8 Å². The first-order valence-electron chi connectivity index (χ1n) is 5.07. The second kappa shape index (κ2) is 5.86. The Hall–Kier alpha value is -0.760. The Labute approximate surface area is 90.7 Å². The highest BCUT2D eigenvalue weighted by Gasteiger charge is 2.00. The third-order valence-electron chi connectivity index (χ3n) is 2.16. The first kappa shape index (κ1) is 11.3. The molecule has 3 heteroatoms. The molecule has 0 aliphatic rings. The number of aromatic nitrogens is 1. The van der Waals surface area contributed by atoms with Crippen molar-refractivity contribution in [1.82, 2.24) is 4.98 Å². The number of anilines is 1. The standard InChI is InChI=1S/C11H17ClN2/c1-3-4-9(2)7-13-10-5-6-11(12)14-8-10/h5-6,8-9,13H,3-4,7H2,1-2H3/t9-/m0/s1. The Bertz CT molecular complexity index is 258. The number of hydrogen-bond donors (Lipinski definition) is 1. The summed E-state index contributed by atoms with van der Waals surface area (Å²) in [7, 11) is 0. The molecule has 1 N–H and O–H groups in total. The fourth-order valence-electron chi connectivity index (χ4n) is 1.37. The van der Waals surface area contributed by atoms with Crippen LogP contribution < -0.4 is 5.32 Å². The fourth-order valence-corrected chi connectivity index (χ4v) is 1.48. The lowest BCUT2D eigenvalue weighted by Crippen LogP contribution is -2.10. The summed E-state index contributed by atoms with van der Waals surface area (Å²) >= 11 is 5.69. The van der Waals surface area contributed by atoms with E-state index in [-0.39, 0.29) is 0 Å². The highest BCUT2D eigenvalue weighted by Crippen LogP contribution is 2.11. The van der Waals surface area contributed by atoms with Gasteiger partial charge in [0.15, 0.2) is 0 Å². The molecule has 14 heavy (non-hydrogen) atoms. The molecule has 0 aromatic carbocycles. The molecule has 0 aliphatic heterocycles. The van der Waals surface area contributed by atoms with Gasteiger partial charge >= 0.3 is 0 Å². The molecule has 0 spiro atoms. The van der Waals surface area contributed by atoms with Gasteiger partial charge in [0, 0.05) is 6.54 Å². The average molecular weight is 213 g/mol. The Balaban J connectivity index is 2.34. The molecule has 1 aromatic heterocycles. The normalized spacial score (nSPS) is 12.5. The molecule has 0 saturated carbocycles. The van der Waals surface area contributed by atoms with Gasteiger partial charge in [0.05, 0.1) is 11.9 Å². The predicted molar refractivity (Wildman–Crippen MR) is 61.8 cm³/mol. The van der Waals surface area contributed by atoms with Crippen LogP contribution in [0.25, 0.3) is 0 Å². The summed E-state index contributed by atoms with van der Waals surface area (Å²) < 4.78 is 0. The fraction of sp³-hybridized carbons (Fsp3) is 0.545. The van der Waals surface area contributed by atoms with Gasteiger partial charge in [-0.25, -0.2) is 4.98 Å². The van der Waals surface area contributed by atoms with E-state index in [0.717, 1.165) is 12.2 Å². The predicted octanol–water partition coefficient (Wildman–Crippen LogP) is 3.58. The molecule has 0 aliphatic carbocycles. The van der Waals surface area contributed by atoms with Crippen molar-refractivity contribution in [2.24, 2.45) is 5.92 Å². The molecule has 1 heterocycles. The molecular weight excluding hydrogens is 196 g/mol. The second-order valence-electron chi connectivity index (χ2n) is 3.64. The largest absolute Gasteiger partial charge is 0.384 e. The zero-order chi connectivity index (χ0) is 10.4. The van der Waals surface area contributed by atoms with Gasteiger partial charge in [0.2, 0.25) is 0 Å². The summed E-state index contributed by atoms with van der Waals surface area (Å²) in [6.45, 7) is 5.46. The van der Waals surface area contributed by atoms with Crippen LogP contribution in [0.1, 0.15) is 26.7 Å². The first-order valence-corrected chi connectivity index (χ1v) is 5.45. The number of rotatable bonds is 5. The Morgan fingerprint density at radius 1 is 1.50 bits per heavy atom. The van der Waals surface area contributed by atoms with Crippen LogP contribution >= 0.6 is 11.6 Å². The minimum Gasteiger partial charge on any atom is -0.384 e. The number of pyridine rings is 1. The zero-order valence-electron chi connectivity index (χ0n) is 8.76. The van der Waals surface area contributed by atoms with Crippen molar-refractivity contribution in [2.75, 3.05) is 11.9 Å². The lowest BCUT2D eigenvalue weighted by atomic mass is 10.1. The maximum Gasteiger partial charge on any atom is 0.129 e.